The molecule has 0 heterocycles. The molecule has 0 saturated heterocycles. The van der Waals surface area contributed by atoms with E-state index in [9.17, 15) is 4.57 Å². The van der Waals surface area contributed by atoms with Crippen LogP contribution in [0.3, 0.4) is 0 Å². The quantitative estimate of drug-likeness (QED) is 0.267. The van der Waals surface area contributed by atoms with Crippen LogP contribution in [0.4, 0.5) is 0 Å². The summed E-state index contributed by atoms with van der Waals surface area (Å²) in [5.74, 6) is 0. The van der Waals surface area contributed by atoms with E-state index < -0.39 is 7.82 Å². The highest BCUT2D eigenvalue weighted by Gasteiger charge is 2.27. The molecular weight excluding hydrogens is 339 g/mol. The number of phosphoric acid groups is 1. The maximum absolute atomic E-state index is 12.6. The number of alkyl halides is 1. The molecule has 0 atom stereocenters. The van der Waals surface area contributed by atoms with Crippen LogP contribution in [0.25, 0.3) is 0 Å². The molecule has 0 aliphatic heterocycles. The van der Waals surface area contributed by atoms with Crippen molar-refractivity contribution in [2.24, 2.45) is 0 Å². The summed E-state index contributed by atoms with van der Waals surface area (Å²) < 4.78 is 33.4. The third-order valence-electron chi connectivity index (χ3n) is 2.84. The molecule has 0 bridgehead atoms. The summed E-state index contributed by atoms with van der Waals surface area (Å²) in [5.41, 5.74) is 1.72. The maximum Gasteiger partial charge on any atom is 0.477 e. The smallest absolute Gasteiger partial charge is 0.339 e. The van der Waals surface area contributed by atoms with Gasteiger partial charge < -0.3 is 4.74 Å². The van der Waals surface area contributed by atoms with E-state index in [2.05, 4.69) is 0 Å². The lowest BCUT2D eigenvalue weighted by Gasteiger charge is -2.18. The largest absolute Gasteiger partial charge is 0.477 e. The standard InChI is InChI=1S/C16H18ClO5P/c17-13-19-14-22-23(18,20-11-15-7-3-1-4-8-15)21-12-16-9-5-2-6-10-16/h1-10H,11-14H2. The molecular formula is C16H18ClO5P. The SMILES string of the molecule is O=P(OCOCCl)(OCc1ccccc1)OCc1ccccc1. The molecule has 0 aliphatic carbocycles. The number of ether oxygens (including phenoxy) is 1. The van der Waals surface area contributed by atoms with E-state index in [0.29, 0.717) is 0 Å². The van der Waals surface area contributed by atoms with Gasteiger partial charge in [0, 0.05) is 0 Å². The van der Waals surface area contributed by atoms with Crippen molar-refractivity contribution in [3.8, 4) is 0 Å². The van der Waals surface area contributed by atoms with Crippen LogP contribution in [0.15, 0.2) is 60.7 Å². The van der Waals surface area contributed by atoms with Crippen LogP contribution in [0.2, 0.25) is 0 Å². The van der Waals surface area contributed by atoms with E-state index in [1.54, 1.807) is 0 Å². The zero-order chi connectivity index (χ0) is 16.4. The van der Waals surface area contributed by atoms with E-state index in [1.165, 1.54) is 0 Å². The highest BCUT2D eigenvalue weighted by molar-refractivity contribution is 7.48. The lowest BCUT2D eigenvalue weighted by atomic mass is 10.2. The average Bonchev–Trinajstić information content (AvgIpc) is 2.61. The number of hydrogen-bond acceptors (Lipinski definition) is 5. The van der Waals surface area contributed by atoms with Gasteiger partial charge in [-0.05, 0) is 11.1 Å². The molecule has 0 spiro atoms. The van der Waals surface area contributed by atoms with Gasteiger partial charge in [-0.1, -0.05) is 72.3 Å². The average molecular weight is 357 g/mol. The molecule has 23 heavy (non-hydrogen) atoms. The molecule has 0 amide bonds. The van der Waals surface area contributed by atoms with Crippen molar-refractivity contribution in [3.05, 3.63) is 71.8 Å². The third-order valence-corrected chi connectivity index (χ3v) is 4.30. The monoisotopic (exact) mass is 356 g/mol. The predicted molar refractivity (Wildman–Crippen MR) is 87.8 cm³/mol. The van der Waals surface area contributed by atoms with Crippen LogP contribution in [-0.2, 0) is 36.1 Å². The van der Waals surface area contributed by atoms with E-state index in [0.717, 1.165) is 11.1 Å². The summed E-state index contributed by atoms with van der Waals surface area (Å²) in [6.45, 7) is -0.0636. The molecule has 0 fully saturated rings. The number of hydrogen-bond donors (Lipinski definition) is 0. The first-order chi connectivity index (χ1) is 11.2. The fraction of sp³-hybridized carbons (Fsp3) is 0.250. The molecule has 0 saturated carbocycles. The van der Waals surface area contributed by atoms with E-state index in [4.69, 9.17) is 29.9 Å². The van der Waals surface area contributed by atoms with Crippen molar-refractivity contribution in [1.29, 1.82) is 0 Å². The number of benzene rings is 2. The van der Waals surface area contributed by atoms with Crippen LogP contribution < -0.4 is 0 Å². The minimum atomic E-state index is -3.76. The topological polar surface area (TPSA) is 54.0 Å². The summed E-state index contributed by atoms with van der Waals surface area (Å²) in [6, 6.07) is 18.6. The Morgan fingerprint density at radius 1 is 0.783 bits per heavy atom. The van der Waals surface area contributed by atoms with Gasteiger partial charge in [-0.3, -0.25) is 13.6 Å². The van der Waals surface area contributed by atoms with Gasteiger partial charge in [0.15, 0.2) is 6.79 Å². The second kappa shape index (κ2) is 9.83. The van der Waals surface area contributed by atoms with Crippen LogP contribution >= 0.6 is 19.4 Å². The van der Waals surface area contributed by atoms with Gasteiger partial charge in [-0.15, -0.1) is 0 Å². The van der Waals surface area contributed by atoms with Crippen molar-refractivity contribution in [3.63, 3.8) is 0 Å². The second-order valence-corrected chi connectivity index (χ2v) is 6.41. The first-order valence-electron chi connectivity index (χ1n) is 6.97. The molecule has 5 nitrogen and oxygen atoms in total. The van der Waals surface area contributed by atoms with Gasteiger partial charge in [-0.25, -0.2) is 4.57 Å². The Bertz CT molecular complexity index is 561. The Hall–Kier alpha value is -1.20. The maximum atomic E-state index is 12.6. The summed E-state index contributed by atoms with van der Waals surface area (Å²) >= 11 is 5.40. The van der Waals surface area contributed by atoms with Gasteiger partial charge >= 0.3 is 7.82 Å². The summed E-state index contributed by atoms with van der Waals surface area (Å²) in [5, 5.41) is 0. The Labute approximate surface area is 140 Å². The number of halogens is 1. The van der Waals surface area contributed by atoms with Gasteiger partial charge in [0.1, 0.15) is 6.07 Å². The summed E-state index contributed by atoms with van der Waals surface area (Å²) in [4.78, 5) is 0. The van der Waals surface area contributed by atoms with E-state index in [1.807, 2.05) is 60.7 Å². The van der Waals surface area contributed by atoms with Crippen molar-refractivity contribution < 1.29 is 22.9 Å². The molecule has 0 N–H and O–H groups in total. The highest BCUT2D eigenvalue weighted by atomic mass is 35.5. The van der Waals surface area contributed by atoms with Crippen LogP contribution in [-0.4, -0.2) is 12.9 Å². The Balaban J connectivity index is 1.94. The van der Waals surface area contributed by atoms with E-state index in [-0.39, 0.29) is 26.1 Å². The first-order valence-corrected chi connectivity index (χ1v) is 8.96. The van der Waals surface area contributed by atoms with Gasteiger partial charge in [-0.2, -0.15) is 0 Å². The second-order valence-electron chi connectivity index (χ2n) is 4.53. The van der Waals surface area contributed by atoms with Crippen LogP contribution in [0.1, 0.15) is 11.1 Å². The van der Waals surface area contributed by atoms with Crippen molar-refractivity contribution in [2.45, 2.75) is 13.2 Å². The lowest BCUT2D eigenvalue weighted by Crippen LogP contribution is -2.04. The first kappa shape index (κ1) is 18.1. The Morgan fingerprint density at radius 2 is 1.26 bits per heavy atom. The van der Waals surface area contributed by atoms with Crippen LogP contribution in [0.5, 0.6) is 0 Å². The molecule has 7 heteroatoms. The molecule has 0 unspecified atom stereocenters. The zero-order valence-electron chi connectivity index (χ0n) is 12.5. The van der Waals surface area contributed by atoms with E-state index >= 15 is 0 Å². The molecule has 2 aromatic carbocycles. The zero-order valence-corrected chi connectivity index (χ0v) is 14.1. The molecule has 0 radical (unpaired) electrons. The molecule has 0 aliphatic rings. The number of rotatable bonds is 10. The van der Waals surface area contributed by atoms with Crippen molar-refractivity contribution >= 4 is 19.4 Å². The summed E-state index contributed by atoms with van der Waals surface area (Å²) in [7, 11) is -3.76. The fourth-order valence-electron chi connectivity index (χ4n) is 1.70. The Morgan fingerprint density at radius 3 is 1.70 bits per heavy atom. The van der Waals surface area contributed by atoms with Crippen molar-refractivity contribution in [1.82, 2.24) is 0 Å². The fourth-order valence-corrected chi connectivity index (χ4v) is 2.81. The minimum absolute atomic E-state index is 0.0721. The molecule has 2 aromatic rings. The van der Waals surface area contributed by atoms with Gasteiger partial charge in [0.25, 0.3) is 0 Å². The minimum Gasteiger partial charge on any atom is -0.339 e. The lowest BCUT2D eigenvalue weighted by molar-refractivity contribution is -0.000780. The highest BCUT2D eigenvalue weighted by Crippen LogP contribution is 2.50. The normalized spacial score (nSPS) is 11.5. The van der Waals surface area contributed by atoms with Gasteiger partial charge in [0.2, 0.25) is 0 Å². The van der Waals surface area contributed by atoms with Gasteiger partial charge in [0.05, 0.1) is 13.2 Å². The van der Waals surface area contributed by atoms with Crippen LogP contribution in [0, 0.1) is 0 Å². The predicted octanol–water partition coefficient (Wildman–Crippen LogP) is 4.72. The number of phosphoric ester groups is 1. The molecule has 124 valence electrons. The molecule has 2 rings (SSSR count). The summed E-state index contributed by atoms with van der Waals surface area (Å²) in [6.07, 6.45) is 0. The molecule has 0 aromatic heterocycles. The van der Waals surface area contributed by atoms with Crippen molar-refractivity contribution in [2.75, 3.05) is 12.9 Å². The Kier molecular flexibility index (Phi) is 7.76. The third kappa shape index (κ3) is 6.83.